The molecule has 1 saturated heterocycles. The minimum atomic E-state index is -0.807. The van der Waals surface area contributed by atoms with E-state index < -0.39 is 29.6 Å². The van der Waals surface area contributed by atoms with Gasteiger partial charge in [-0.3, -0.25) is 19.2 Å². The Morgan fingerprint density at radius 3 is 2.20 bits per heavy atom. The summed E-state index contributed by atoms with van der Waals surface area (Å²) in [4.78, 5) is 60.8. The van der Waals surface area contributed by atoms with Crippen molar-refractivity contribution in [3.8, 4) is 0 Å². The zero-order chi connectivity index (χ0) is 14.7. The van der Waals surface area contributed by atoms with Gasteiger partial charge in [-0.15, -0.1) is 5.06 Å². The molecule has 10 heteroatoms. The summed E-state index contributed by atoms with van der Waals surface area (Å²) in [7, 11) is 1.68. The second-order valence-electron chi connectivity index (χ2n) is 3.69. The molecule has 0 bridgehead atoms. The average Bonchev–Trinajstić information content (AvgIpc) is 2.88. The van der Waals surface area contributed by atoms with E-state index in [2.05, 4.69) is 4.84 Å². The molecule has 0 aliphatic carbocycles. The Hall–Kier alpha value is -1.81. The summed E-state index contributed by atoms with van der Waals surface area (Å²) in [5, 5.41) is 0.446. The van der Waals surface area contributed by atoms with Crippen LogP contribution in [-0.2, 0) is 28.8 Å². The van der Waals surface area contributed by atoms with Gasteiger partial charge in [0.15, 0.2) is 0 Å². The van der Waals surface area contributed by atoms with Crippen LogP contribution in [0.5, 0.6) is 0 Å². The first-order chi connectivity index (χ1) is 9.49. The van der Waals surface area contributed by atoms with Gasteiger partial charge in [-0.1, -0.05) is 10.8 Å². The predicted molar refractivity (Wildman–Crippen MR) is 68.2 cm³/mol. The van der Waals surface area contributed by atoms with Crippen molar-refractivity contribution in [1.29, 1.82) is 0 Å². The molecule has 0 N–H and O–H groups in total. The van der Waals surface area contributed by atoms with E-state index in [1.165, 1.54) is 0 Å². The van der Waals surface area contributed by atoms with Gasteiger partial charge in [0.05, 0.1) is 0 Å². The molecular weight excluding hydrogens is 308 g/mol. The summed E-state index contributed by atoms with van der Waals surface area (Å²) >= 11 is 0. The largest absolute Gasteiger partial charge is 0.343 e. The Labute approximate surface area is 120 Å². The monoisotopic (exact) mass is 316 g/mol. The van der Waals surface area contributed by atoms with Gasteiger partial charge in [-0.25, -0.2) is 9.10 Å². The Balaban J connectivity index is 1.73. The van der Waals surface area contributed by atoms with Gasteiger partial charge in [0, 0.05) is 36.0 Å². The highest BCUT2D eigenvalue weighted by molar-refractivity contribution is 8.76. The molecule has 0 aromatic rings. The van der Waals surface area contributed by atoms with Crippen LogP contribution >= 0.6 is 21.8 Å². The van der Waals surface area contributed by atoms with E-state index in [1.54, 1.807) is 0 Å². The summed E-state index contributed by atoms with van der Waals surface area (Å²) in [6, 6.07) is 0. The van der Waals surface area contributed by atoms with Crippen LogP contribution in [0.25, 0.3) is 0 Å². The van der Waals surface area contributed by atoms with Crippen LogP contribution in [0.15, 0.2) is 12.2 Å². The topological polar surface area (TPSA) is 101 Å². The van der Waals surface area contributed by atoms with E-state index >= 15 is 0 Å². The van der Waals surface area contributed by atoms with Crippen molar-refractivity contribution in [2.24, 2.45) is 0 Å². The molecule has 4 amide bonds. The molecule has 0 spiro atoms. The number of hydrogen-bond donors (Lipinski definition) is 0. The lowest BCUT2D eigenvalue weighted by Crippen LogP contribution is -2.32. The van der Waals surface area contributed by atoms with Gasteiger partial charge in [0.25, 0.3) is 23.6 Å². The average molecular weight is 316 g/mol. The molecule has 106 valence electrons. The van der Waals surface area contributed by atoms with Crippen LogP contribution in [0.3, 0.4) is 0 Å². The van der Waals surface area contributed by atoms with Crippen molar-refractivity contribution in [2.75, 3.05) is 5.75 Å². The van der Waals surface area contributed by atoms with Crippen molar-refractivity contribution in [2.45, 2.75) is 12.8 Å². The third kappa shape index (κ3) is 3.20. The number of carbonyl (C=O) groups is 5. The lowest BCUT2D eigenvalue weighted by atomic mass is 10.4. The highest BCUT2D eigenvalue weighted by atomic mass is 33.1. The fourth-order valence-corrected chi connectivity index (χ4v) is 3.15. The molecule has 0 unspecified atom stereocenters. The summed E-state index contributed by atoms with van der Waals surface area (Å²) < 4.78 is 0.879. The normalized spacial score (nSPS) is 18.4. The minimum Gasteiger partial charge on any atom is -0.329 e. The molecule has 2 aliphatic rings. The maximum absolute atomic E-state index is 11.4. The summed E-state index contributed by atoms with van der Waals surface area (Å²) in [6.07, 6.45) is 2.29. The smallest absolute Gasteiger partial charge is 0.329 e. The molecule has 0 atom stereocenters. The molecule has 8 nitrogen and oxygen atoms in total. The number of hydroxylamine groups is 2. The molecular formula is C10H8N2O6S2. The zero-order valence-corrected chi connectivity index (χ0v) is 11.6. The Bertz CT molecular complexity index is 498. The van der Waals surface area contributed by atoms with E-state index in [0.717, 1.165) is 38.2 Å². The predicted octanol–water partition coefficient (Wildman–Crippen LogP) is -0.185. The third-order valence-corrected chi connectivity index (χ3v) is 4.36. The molecule has 0 saturated carbocycles. The SMILES string of the molecule is O=C(CSSN1C(=O)C=CC1=O)ON1C(=O)CCC1=O. The van der Waals surface area contributed by atoms with Gasteiger partial charge >= 0.3 is 5.97 Å². The number of hydrogen-bond acceptors (Lipinski definition) is 8. The van der Waals surface area contributed by atoms with Crippen LogP contribution in [-0.4, -0.2) is 44.7 Å². The van der Waals surface area contributed by atoms with Gasteiger partial charge < -0.3 is 4.84 Å². The van der Waals surface area contributed by atoms with Crippen LogP contribution in [0.1, 0.15) is 12.8 Å². The molecule has 1 fully saturated rings. The minimum absolute atomic E-state index is 0.0243. The van der Waals surface area contributed by atoms with Crippen LogP contribution in [0.2, 0.25) is 0 Å². The van der Waals surface area contributed by atoms with Crippen molar-refractivity contribution in [3.05, 3.63) is 12.2 Å². The number of imide groups is 2. The van der Waals surface area contributed by atoms with Gasteiger partial charge in [0.2, 0.25) is 0 Å². The number of nitrogens with zero attached hydrogens (tertiary/aromatic N) is 2. The quantitative estimate of drug-likeness (QED) is 0.391. The Kier molecular flexibility index (Phi) is 4.45. The van der Waals surface area contributed by atoms with Crippen LogP contribution in [0.4, 0.5) is 0 Å². The van der Waals surface area contributed by atoms with Crippen LogP contribution < -0.4 is 0 Å². The van der Waals surface area contributed by atoms with E-state index in [1.807, 2.05) is 0 Å². The number of carbonyl (C=O) groups excluding carboxylic acids is 5. The summed E-state index contributed by atoms with van der Waals surface area (Å²) in [5.74, 6) is -3.11. The highest BCUT2D eigenvalue weighted by Crippen LogP contribution is 2.29. The fraction of sp³-hybridized carbons (Fsp3) is 0.300. The molecule has 2 aliphatic heterocycles. The summed E-state index contributed by atoms with van der Waals surface area (Å²) in [6.45, 7) is 0. The first-order valence-corrected chi connectivity index (χ1v) is 7.69. The first-order valence-electron chi connectivity index (χ1n) is 5.41. The number of amides is 4. The second-order valence-corrected chi connectivity index (χ2v) is 5.88. The second kappa shape index (κ2) is 6.09. The highest BCUT2D eigenvalue weighted by Gasteiger charge is 2.33. The van der Waals surface area contributed by atoms with Crippen molar-refractivity contribution < 1.29 is 28.8 Å². The molecule has 0 radical (unpaired) electrons. The molecule has 0 aromatic heterocycles. The fourth-order valence-electron chi connectivity index (χ4n) is 1.37. The van der Waals surface area contributed by atoms with Crippen molar-refractivity contribution in [3.63, 3.8) is 0 Å². The summed E-state index contributed by atoms with van der Waals surface area (Å²) in [5.41, 5.74) is 0. The molecule has 20 heavy (non-hydrogen) atoms. The standard InChI is InChI=1S/C10H8N2O6S2/c13-6-1-2-7(14)11(6)18-10(17)5-19-20-12-8(15)3-4-9(12)16/h3-4H,1-2,5H2. The molecule has 0 aromatic carbocycles. The van der Waals surface area contributed by atoms with Crippen molar-refractivity contribution in [1.82, 2.24) is 9.37 Å². The zero-order valence-electron chi connectivity index (χ0n) is 9.94. The van der Waals surface area contributed by atoms with Gasteiger partial charge in [-0.05, 0) is 0 Å². The molecule has 2 heterocycles. The van der Waals surface area contributed by atoms with Crippen LogP contribution in [0, 0.1) is 0 Å². The Morgan fingerprint density at radius 2 is 1.65 bits per heavy atom. The van der Waals surface area contributed by atoms with Gasteiger partial charge in [0.1, 0.15) is 5.75 Å². The van der Waals surface area contributed by atoms with Gasteiger partial charge in [-0.2, -0.15) is 0 Å². The maximum Gasteiger partial charge on any atom is 0.343 e. The lowest BCUT2D eigenvalue weighted by molar-refractivity contribution is -0.195. The van der Waals surface area contributed by atoms with E-state index in [9.17, 15) is 24.0 Å². The maximum atomic E-state index is 11.4. The van der Waals surface area contributed by atoms with E-state index in [-0.39, 0.29) is 18.6 Å². The third-order valence-electron chi connectivity index (χ3n) is 2.27. The Morgan fingerprint density at radius 1 is 1.10 bits per heavy atom. The van der Waals surface area contributed by atoms with Crippen molar-refractivity contribution >= 4 is 51.4 Å². The van der Waals surface area contributed by atoms with E-state index in [4.69, 9.17) is 0 Å². The lowest BCUT2D eigenvalue weighted by Gasteiger charge is -2.13. The molecule has 2 rings (SSSR count). The van der Waals surface area contributed by atoms with E-state index in [0.29, 0.717) is 5.06 Å². The number of rotatable bonds is 5. The first kappa shape index (κ1) is 14.6.